The summed E-state index contributed by atoms with van der Waals surface area (Å²) < 4.78 is 0. The second kappa shape index (κ2) is 4.77. The minimum atomic E-state index is -0.0645. The maximum Gasteiger partial charge on any atom is 0.233 e. The zero-order chi connectivity index (χ0) is 11.6. The summed E-state index contributed by atoms with van der Waals surface area (Å²) >= 11 is 0. The summed E-state index contributed by atoms with van der Waals surface area (Å²) in [5.41, 5.74) is 0. The summed E-state index contributed by atoms with van der Waals surface area (Å²) in [4.78, 5) is 25.2. The molecular weight excluding hydrogens is 190 g/mol. The highest BCUT2D eigenvalue weighted by atomic mass is 16.2. The van der Waals surface area contributed by atoms with Gasteiger partial charge in [0.15, 0.2) is 0 Å². The molecule has 0 radical (unpaired) electrons. The molecule has 0 bridgehead atoms. The molecule has 1 rings (SSSR count). The molecule has 2 amide bonds. The van der Waals surface area contributed by atoms with E-state index in [1.54, 1.807) is 0 Å². The zero-order valence-corrected chi connectivity index (χ0v) is 10.1. The van der Waals surface area contributed by atoms with Crippen LogP contribution in [0.15, 0.2) is 0 Å². The van der Waals surface area contributed by atoms with Gasteiger partial charge in [0.1, 0.15) is 0 Å². The Morgan fingerprint density at radius 3 is 2.27 bits per heavy atom. The third-order valence-corrected chi connectivity index (χ3v) is 3.29. The summed E-state index contributed by atoms with van der Waals surface area (Å²) in [6.45, 7) is 8.13. The van der Waals surface area contributed by atoms with Gasteiger partial charge >= 0.3 is 0 Å². The van der Waals surface area contributed by atoms with E-state index < -0.39 is 0 Å². The third kappa shape index (κ3) is 2.21. The topological polar surface area (TPSA) is 37.4 Å². The van der Waals surface area contributed by atoms with Crippen LogP contribution in [-0.2, 0) is 9.59 Å². The van der Waals surface area contributed by atoms with Crippen LogP contribution in [0.4, 0.5) is 0 Å². The quantitative estimate of drug-likeness (QED) is 0.668. The lowest BCUT2D eigenvalue weighted by atomic mass is 10.00. The van der Waals surface area contributed by atoms with Gasteiger partial charge in [0, 0.05) is 18.4 Å². The maximum atomic E-state index is 12.0. The summed E-state index contributed by atoms with van der Waals surface area (Å²) in [7, 11) is 0. The summed E-state index contributed by atoms with van der Waals surface area (Å²) in [5, 5.41) is 0. The first-order chi connectivity index (χ1) is 7.02. The van der Waals surface area contributed by atoms with Crippen LogP contribution in [0, 0.1) is 11.8 Å². The summed E-state index contributed by atoms with van der Waals surface area (Å²) in [6.07, 6.45) is 2.04. The number of hydrogen-bond donors (Lipinski definition) is 0. The lowest BCUT2D eigenvalue weighted by Crippen LogP contribution is -2.42. The molecule has 1 aliphatic heterocycles. The number of nitrogens with zero attached hydrogens (tertiary/aromatic N) is 1. The predicted molar refractivity (Wildman–Crippen MR) is 59.2 cm³/mol. The molecule has 1 aliphatic rings. The Balaban J connectivity index is 2.85. The molecule has 1 saturated heterocycles. The van der Waals surface area contributed by atoms with E-state index in [-0.39, 0.29) is 23.8 Å². The smallest absolute Gasteiger partial charge is 0.233 e. The Kier molecular flexibility index (Phi) is 3.89. The van der Waals surface area contributed by atoms with Gasteiger partial charge in [-0.25, -0.2) is 0 Å². The van der Waals surface area contributed by atoms with Gasteiger partial charge in [0.2, 0.25) is 11.8 Å². The molecule has 3 heteroatoms. The molecule has 1 fully saturated rings. The van der Waals surface area contributed by atoms with Crippen molar-refractivity contribution >= 4 is 11.8 Å². The number of hydrogen-bond acceptors (Lipinski definition) is 2. The van der Waals surface area contributed by atoms with E-state index in [1.807, 2.05) is 13.8 Å². The lowest BCUT2D eigenvalue weighted by molar-refractivity contribution is -0.143. The van der Waals surface area contributed by atoms with Crippen molar-refractivity contribution in [1.82, 2.24) is 4.90 Å². The van der Waals surface area contributed by atoms with Crippen molar-refractivity contribution in [3.63, 3.8) is 0 Å². The Hall–Kier alpha value is -0.860. The Morgan fingerprint density at radius 2 is 1.93 bits per heavy atom. The van der Waals surface area contributed by atoms with Crippen LogP contribution in [0.5, 0.6) is 0 Å². The van der Waals surface area contributed by atoms with Crippen LogP contribution in [0.1, 0.15) is 47.0 Å². The predicted octanol–water partition coefficient (Wildman–Crippen LogP) is 2.21. The van der Waals surface area contributed by atoms with Crippen molar-refractivity contribution in [2.75, 3.05) is 0 Å². The largest absolute Gasteiger partial charge is 0.279 e. The monoisotopic (exact) mass is 211 g/mol. The van der Waals surface area contributed by atoms with Crippen molar-refractivity contribution in [3.8, 4) is 0 Å². The normalized spacial score (nSPS) is 24.1. The maximum absolute atomic E-state index is 12.0. The molecule has 3 nitrogen and oxygen atoms in total. The van der Waals surface area contributed by atoms with Crippen LogP contribution < -0.4 is 0 Å². The van der Waals surface area contributed by atoms with Crippen molar-refractivity contribution in [2.24, 2.45) is 11.8 Å². The molecule has 1 heterocycles. The number of rotatable bonds is 4. The SMILES string of the molecule is CCC1CC(=O)N(C(CC)C(C)C)C1=O. The summed E-state index contributed by atoms with van der Waals surface area (Å²) in [6, 6.07) is 0.0848. The molecule has 0 aromatic carbocycles. The molecule has 0 N–H and O–H groups in total. The molecule has 2 unspecified atom stereocenters. The van der Waals surface area contributed by atoms with Crippen molar-refractivity contribution in [2.45, 2.75) is 53.0 Å². The van der Waals surface area contributed by atoms with Gasteiger partial charge in [-0.2, -0.15) is 0 Å². The molecule has 15 heavy (non-hydrogen) atoms. The van der Waals surface area contributed by atoms with Gasteiger partial charge in [0.25, 0.3) is 0 Å². The second-order valence-electron chi connectivity index (χ2n) is 4.63. The van der Waals surface area contributed by atoms with E-state index in [1.165, 1.54) is 4.90 Å². The van der Waals surface area contributed by atoms with Crippen LogP contribution in [-0.4, -0.2) is 22.8 Å². The van der Waals surface area contributed by atoms with Gasteiger partial charge in [0.05, 0.1) is 0 Å². The van der Waals surface area contributed by atoms with Gasteiger partial charge in [-0.05, 0) is 18.8 Å². The highest BCUT2D eigenvalue weighted by molar-refractivity contribution is 6.03. The number of carbonyl (C=O) groups is 2. The fourth-order valence-corrected chi connectivity index (χ4v) is 2.34. The number of imide groups is 1. The molecule has 2 atom stereocenters. The van der Waals surface area contributed by atoms with Crippen molar-refractivity contribution in [1.29, 1.82) is 0 Å². The highest BCUT2D eigenvalue weighted by Crippen LogP contribution is 2.27. The molecule has 0 aromatic rings. The Labute approximate surface area is 91.8 Å². The highest BCUT2D eigenvalue weighted by Gasteiger charge is 2.41. The zero-order valence-electron chi connectivity index (χ0n) is 10.1. The van der Waals surface area contributed by atoms with Crippen LogP contribution >= 0.6 is 0 Å². The first-order valence-electron chi connectivity index (χ1n) is 5.88. The number of amides is 2. The minimum absolute atomic E-state index is 0.0207. The minimum Gasteiger partial charge on any atom is -0.279 e. The molecule has 0 saturated carbocycles. The van der Waals surface area contributed by atoms with Gasteiger partial charge < -0.3 is 0 Å². The molecule has 0 spiro atoms. The molecular formula is C12H21NO2. The Morgan fingerprint density at radius 1 is 1.33 bits per heavy atom. The second-order valence-corrected chi connectivity index (χ2v) is 4.63. The van der Waals surface area contributed by atoms with Gasteiger partial charge in [-0.15, -0.1) is 0 Å². The van der Waals surface area contributed by atoms with Gasteiger partial charge in [-0.3, -0.25) is 14.5 Å². The molecule has 0 aromatic heterocycles. The van der Waals surface area contributed by atoms with Gasteiger partial charge in [-0.1, -0.05) is 27.7 Å². The van der Waals surface area contributed by atoms with E-state index >= 15 is 0 Å². The van der Waals surface area contributed by atoms with E-state index in [2.05, 4.69) is 13.8 Å². The fraction of sp³-hybridized carbons (Fsp3) is 0.833. The fourth-order valence-electron chi connectivity index (χ4n) is 2.34. The lowest BCUT2D eigenvalue weighted by Gasteiger charge is -2.28. The number of carbonyl (C=O) groups excluding carboxylic acids is 2. The average molecular weight is 211 g/mol. The van der Waals surface area contributed by atoms with E-state index in [0.29, 0.717) is 12.3 Å². The first-order valence-corrected chi connectivity index (χ1v) is 5.88. The van der Waals surface area contributed by atoms with E-state index in [4.69, 9.17) is 0 Å². The first kappa shape index (κ1) is 12.2. The third-order valence-electron chi connectivity index (χ3n) is 3.29. The van der Waals surface area contributed by atoms with E-state index in [0.717, 1.165) is 12.8 Å². The van der Waals surface area contributed by atoms with Crippen LogP contribution in [0.2, 0.25) is 0 Å². The van der Waals surface area contributed by atoms with Crippen LogP contribution in [0.3, 0.4) is 0 Å². The molecule has 0 aliphatic carbocycles. The average Bonchev–Trinajstić information content (AvgIpc) is 2.45. The standard InChI is InChI=1S/C12H21NO2/c1-5-9-7-11(14)13(12(9)15)10(6-2)8(3)4/h8-10H,5-7H2,1-4H3. The summed E-state index contributed by atoms with van der Waals surface area (Å²) in [5.74, 6) is 0.347. The number of likely N-dealkylation sites (tertiary alicyclic amines) is 1. The van der Waals surface area contributed by atoms with Crippen molar-refractivity contribution < 1.29 is 9.59 Å². The van der Waals surface area contributed by atoms with Crippen LogP contribution in [0.25, 0.3) is 0 Å². The molecule has 86 valence electrons. The Bertz CT molecular complexity index is 260. The van der Waals surface area contributed by atoms with E-state index in [9.17, 15) is 9.59 Å². The van der Waals surface area contributed by atoms with Crippen molar-refractivity contribution in [3.05, 3.63) is 0 Å².